The lowest BCUT2D eigenvalue weighted by Gasteiger charge is -2.43. The topological polar surface area (TPSA) is 102 Å². The summed E-state index contributed by atoms with van der Waals surface area (Å²) >= 11 is 3.63. The molecular formula is C37H47BrN8O2. The van der Waals surface area contributed by atoms with Gasteiger partial charge in [0, 0.05) is 91.5 Å². The zero-order valence-electron chi connectivity index (χ0n) is 28.7. The first kappa shape index (κ1) is 33.0. The van der Waals surface area contributed by atoms with Crippen LogP contribution in [0.2, 0.25) is 0 Å². The van der Waals surface area contributed by atoms with Gasteiger partial charge < -0.3 is 30.3 Å². The Morgan fingerprint density at radius 1 is 0.917 bits per heavy atom. The Kier molecular flexibility index (Phi) is 9.23. The van der Waals surface area contributed by atoms with Crippen LogP contribution in [-0.4, -0.2) is 89.3 Å². The smallest absolute Gasteiger partial charge is 0.229 e. The molecule has 3 aliphatic rings. The van der Waals surface area contributed by atoms with Crippen molar-refractivity contribution in [2.75, 3.05) is 69.0 Å². The van der Waals surface area contributed by atoms with Gasteiger partial charge in [0.05, 0.1) is 28.4 Å². The number of hydrogen-bond acceptors (Lipinski definition) is 10. The molecule has 254 valence electrons. The van der Waals surface area contributed by atoms with Crippen LogP contribution in [0, 0.1) is 6.92 Å². The predicted octanol–water partition coefficient (Wildman–Crippen LogP) is 6.91. The molecule has 2 aliphatic heterocycles. The molecule has 4 aromatic rings. The van der Waals surface area contributed by atoms with Gasteiger partial charge in [-0.25, -0.2) is 4.98 Å². The molecule has 1 aliphatic carbocycles. The van der Waals surface area contributed by atoms with Crippen LogP contribution in [0.3, 0.4) is 0 Å². The summed E-state index contributed by atoms with van der Waals surface area (Å²) in [6, 6.07) is 13.1. The van der Waals surface area contributed by atoms with Crippen LogP contribution in [0.4, 0.5) is 28.8 Å². The van der Waals surface area contributed by atoms with Crippen molar-refractivity contribution in [2.24, 2.45) is 0 Å². The summed E-state index contributed by atoms with van der Waals surface area (Å²) in [4.78, 5) is 21.9. The molecule has 0 spiro atoms. The number of piperazine rings is 1. The van der Waals surface area contributed by atoms with E-state index in [-0.39, 0.29) is 0 Å². The van der Waals surface area contributed by atoms with Gasteiger partial charge in [-0.15, -0.1) is 0 Å². The minimum absolute atomic E-state index is 0.431. The fourth-order valence-corrected chi connectivity index (χ4v) is 7.59. The van der Waals surface area contributed by atoms with Crippen LogP contribution in [0.1, 0.15) is 62.3 Å². The zero-order chi connectivity index (χ0) is 33.6. The number of halogens is 1. The van der Waals surface area contributed by atoms with Gasteiger partial charge in [-0.2, -0.15) is 4.98 Å². The highest BCUT2D eigenvalue weighted by atomic mass is 79.9. The molecule has 0 amide bonds. The SMILES string of the molecule is COc1cc(N2CCC(N3CCN(C)CC3)CC2)c(C)cc1Nc1ncc(Br)c(Nc2ccc3nc(C4CC4)ccc3c2C(C)(C)O)n1. The Bertz CT molecular complexity index is 1790. The Balaban J connectivity index is 1.10. The number of fused-ring (bicyclic) bond motifs is 1. The second-order valence-electron chi connectivity index (χ2n) is 14.2. The molecule has 1 saturated carbocycles. The van der Waals surface area contributed by atoms with Crippen LogP contribution < -0.4 is 20.3 Å². The number of ether oxygens (including phenoxy) is 1. The number of rotatable bonds is 9. The van der Waals surface area contributed by atoms with Gasteiger partial charge in [0.15, 0.2) is 0 Å². The number of hydrogen-bond donors (Lipinski definition) is 3. The molecule has 10 nitrogen and oxygen atoms in total. The van der Waals surface area contributed by atoms with Crippen LogP contribution >= 0.6 is 15.9 Å². The average Bonchev–Trinajstić information content (AvgIpc) is 3.92. The summed E-state index contributed by atoms with van der Waals surface area (Å²) in [7, 11) is 3.92. The molecule has 48 heavy (non-hydrogen) atoms. The van der Waals surface area contributed by atoms with Gasteiger partial charge in [-0.05, 0) is 99.3 Å². The lowest BCUT2D eigenvalue weighted by atomic mass is 9.92. The highest BCUT2D eigenvalue weighted by Gasteiger charge is 2.29. The lowest BCUT2D eigenvalue weighted by molar-refractivity contribution is 0.0809. The van der Waals surface area contributed by atoms with E-state index in [0.29, 0.717) is 28.2 Å². The molecule has 2 aromatic carbocycles. The first-order chi connectivity index (χ1) is 23.1. The molecule has 3 N–H and O–H groups in total. The van der Waals surface area contributed by atoms with E-state index in [4.69, 9.17) is 14.7 Å². The van der Waals surface area contributed by atoms with Gasteiger partial charge in [-0.1, -0.05) is 6.07 Å². The number of nitrogens with zero attached hydrogens (tertiary/aromatic N) is 6. The van der Waals surface area contributed by atoms with Crippen molar-refractivity contribution in [3.8, 4) is 5.75 Å². The van der Waals surface area contributed by atoms with Crippen molar-refractivity contribution in [1.29, 1.82) is 0 Å². The van der Waals surface area contributed by atoms with Crippen molar-refractivity contribution >= 4 is 55.7 Å². The van der Waals surface area contributed by atoms with Crippen molar-refractivity contribution in [2.45, 2.75) is 64.0 Å². The molecule has 0 unspecified atom stereocenters. The van der Waals surface area contributed by atoms with E-state index < -0.39 is 5.60 Å². The number of piperidine rings is 1. The number of pyridine rings is 1. The Hall–Kier alpha value is -3.51. The molecule has 4 heterocycles. The molecule has 2 saturated heterocycles. The fraction of sp³-hybridized carbons (Fsp3) is 0.486. The number of aliphatic hydroxyl groups is 1. The number of benzene rings is 2. The van der Waals surface area contributed by atoms with Crippen molar-refractivity contribution in [3.63, 3.8) is 0 Å². The highest BCUT2D eigenvalue weighted by Crippen LogP contribution is 2.42. The van der Waals surface area contributed by atoms with E-state index in [2.05, 4.69) is 84.5 Å². The summed E-state index contributed by atoms with van der Waals surface area (Å²) in [6.45, 7) is 12.5. The third kappa shape index (κ3) is 6.96. The third-order valence-electron chi connectivity index (χ3n) is 10.1. The molecule has 0 bridgehead atoms. The highest BCUT2D eigenvalue weighted by molar-refractivity contribution is 9.10. The first-order valence-corrected chi connectivity index (χ1v) is 18.0. The number of aromatic nitrogens is 3. The van der Waals surface area contributed by atoms with Crippen LogP contribution in [0.25, 0.3) is 10.9 Å². The van der Waals surface area contributed by atoms with Crippen LogP contribution in [-0.2, 0) is 5.60 Å². The number of nitrogens with one attached hydrogen (secondary N) is 2. The van der Waals surface area contributed by atoms with Crippen LogP contribution in [0.5, 0.6) is 5.75 Å². The number of anilines is 5. The summed E-state index contributed by atoms with van der Waals surface area (Å²) in [6.07, 6.45) is 6.47. The molecule has 3 fully saturated rings. The van der Waals surface area contributed by atoms with E-state index in [1.165, 1.54) is 50.0 Å². The zero-order valence-corrected chi connectivity index (χ0v) is 30.3. The van der Waals surface area contributed by atoms with Gasteiger partial charge in [0.25, 0.3) is 0 Å². The quantitative estimate of drug-likeness (QED) is 0.170. The van der Waals surface area contributed by atoms with Gasteiger partial charge >= 0.3 is 0 Å². The standard InChI is InChI=1S/C37H47BrN8O2/c1-23-20-31(33(48-5)21-32(23)46-14-12-25(13-15-46)45-18-16-44(4)17-19-45)42-36-39-22-27(38)35(43-36)41-30-11-10-29-26(34(30)37(2,3)47)8-9-28(40-29)24-6-7-24/h8-11,20-22,24-25,47H,6-7,12-19H2,1-5H3,(H2,39,41,42,43). The molecule has 0 radical (unpaired) electrons. The van der Waals surface area contributed by atoms with Crippen molar-refractivity contribution < 1.29 is 9.84 Å². The number of methoxy groups -OCH3 is 1. The maximum Gasteiger partial charge on any atom is 0.229 e. The van der Waals surface area contributed by atoms with E-state index in [9.17, 15) is 5.11 Å². The monoisotopic (exact) mass is 714 g/mol. The maximum atomic E-state index is 11.3. The molecule has 2 aromatic heterocycles. The van der Waals surface area contributed by atoms with Crippen LogP contribution in [0.15, 0.2) is 47.1 Å². The van der Waals surface area contributed by atoms with E-state index in [1.54, 1.807) is 27.2 Å². The molecule has 11 heteroatoms. The average molecular weight is 716 g/mol. The largest absolute Gasteiger partial charge is 0.494 e. The van der Waals surface area contributed by atoms with Crippen molar-refractivity contribution in [3.05, 3.63) is 63.9 Å². The Morgan fingerprint density at radius 3 is 2.35 bits per heavy atom. The normalized spacial score (nSPS) is 18.4. The third-order valence-corrected chi connectivity index (χ3v) is 10.7. The predicted molar refractivity (Wildman–Crippen MR) is 197 cm³/mol. The summed E-state index contributed by atoms with van der Waals surface area (Å²) in [5, 5.41) is 19.1. The fourth-order valence-electron chi connectivity index (χ4n) is 7.30. The van der Waals surface area contributed by atoms with E-state index in [0.717, 1.165) is 65.5 Å². The van der Waals surface area contributed by atoms with Gasteiger partial charge in [0.1, 0.15) is 11.6 Å². The lowest BCUT2D eigenvalue weighted by Crippen LogP contribution is -2.52. The number of aryl methyl sites for hydroxylation is 1. The van der Waals surface area contributed by atoms with Gasteiger partial charge in [-0.3, -0.25) is 9.88 Å². The second-order valence-corrected chi connectivity index (χ2v) is 15.0. The minimum Gasteiger partial charge on any atom is -0.494 e. The van der Waals surface area contributed by atoms with E-state index >= 15 is 0 Å². The molecular weight excluding hydrogens is 668 g/mol. The summed E-state index contributed by atoms with van der Waals surface area (Å²) in [5.74, 6) is 2.31. The van der Waals surface area contributed by atoms with Gasteiger partial charge in [0.2, 0.25) is 5.95 Å². The number of likely N-dealkylation sites (N-methyl/N-ethyl adjacent to an activating group) is 1. The molecule has 7 rings (SSSR count). The Morgan fingerprint density at radius 2 is 1.67 bits per heavy atom. The second kappa shape index (κ2) is 13.4. The maximum absolute atomic E-state index is 11.3. The minimum atomic E-state index is -1.11. The van der Waals surface area contributed by atoms with E-state index in [1.807, 2.05) is 12.1 Å². The first-order valence-electron chi connectivity index (χ1n) is 17.2. The Labute approximate surface area is 292 Å². The summed E-state index contributed by atoms with van der Waals surface area (Å²) < 4.78 is 6.59. The summed E-state index contributed by atoms with van der Waals surface area (Å²) in [5.41, 5.74) is 5.63. The van der Waals surface area contributed by atoms with Crippen molar-refractivity contribution in [1.82, 2.24) is 24.8 Å². The molecule has 0 atom stereocenters.